The number of piperidine rings is 1. The lowest BCUT2D eigenvalue weighted by molar-refractivity contribution is -0.147. The number of imidazole rings is 1. The number of nitrogens with zero attached hydrogens (tertiary/aromatic N) is 4. The van der Waals surface area contributed by atoms with Crippen molar-refractivity contribution in [1.29, 1.82) is 0 Å². The van der Waals surface area contributed by atoms with Crippen LogP contribution in [-0.2, 0) is 35.4 Å². The Bertz CT molecular complexity index is 1200. The van der Waals surface area contributed by atoms with Gasteiger partial charge in [-0.15, -0.1) is 0 Å². The van der Waals surface area contributed by atoms with E-state index in [1.807, 2.05) is 0 Å². The molecule has 1 aromatic carbocycles. The monoisotopic (exact) mass is 461 g/mol. The molecule has 3 aliphatic rings. The van der Waals surface area contributed by atoms with Crippen LogP contribution in [0.3, 0.4) is 0 Å². The summed E-state index contributed by atoms with van der Waals surface area (Å²) in [6, 6.07) is 3.91. The smallest absolute Gasteiger partial charge is 0.331 e. The molecule has 1 atom stereocenters. The van der Waals surface area contributed by atoms with Gasteiger partial charge in [0.05, 0.1) is 18.4 Å². The van der Waals surface area contributed by atoms with Crippen molar-refractivity contribution >= 4 is 23.6 Å². The van der Waals surface area contributed by atoms with Gasteiger partial charge in [0.1, 0.15) is 6.04 Å². The molecule has 4 heterocycles. The van der Waals surface area contributed by atoms with E-state index in [9.17, 15) is 32.3 Å². The summed E-state index contributed by atoms with van der Waals surface area (Å²) in [5, 5.41) is 2.24. The van der Waals surface area contributed by atoms with Crippen LogP contribution in [0.2, 0.25) is 0 Å². The maximum absolute atomic E-state index is 13.1. The first kappa shape index (κ1) is 21.2. The molecule has 5 rings (SSSR count). The molecule has 172 valence electrons. The van der Waals surface area contributed by atoms with Gasteiger partial charge in [-0.1, -0.05) is 6.07 Å². The number of alkyl halides is 3. The molecular formula is C21H18F3N5O4. The molecule has 0 aliphatic carbocycles. The Morgan fingerprint density at radius 2 is 1.91 bits per heavy atom. The Morgan fingerprint density at radius 3 is 2.64 bits per heavy atom. The minimum Gasteiger partial charge on any atom is -0.331 e. The van der Waals surface area contributed by atoms with Crippen molar-refractivity contribution in [3.63, 3.8) is 0 Å². The van der Waals surface area contributed by atoms with E-state index in [1.165, 1.54) is 15.9 Å². The van der Waals surface area contributed by atoms with E-state index in [-0.39, 0.29) is 56.2 Å². The van der Waals surface area contributed by atoms with Crippen LogP contribution in [0.25, 0.3) is 0 Å². The molecule has 12 heteroatoms. The highest BCUT2D eigenvalue weighted by molar-refractivity contribution is 6.06. The van der Waals surface area contributed by atoms with Crippen molar-refractivity contribution in [1.82, 2.24) is 24.7 Å². The zero-order valence-electron chi connectivity index (χ0n) is 17.2. The first-order chi connectivity index (χ1) is 15.6. The second-order valence-electron chi connectivity index (χ2n) is 8.22. The standard InChI is InChI=1S/C21H18F3N5O4/c22-21(23,24)20-25-8-13-10-27(5-6-28(13)20)18(32)11-1-2-12-9-29(19(33)14(12)7-11)15-3-4-16(30)26-17(15)31/h1-2,7-8,15H,3-6,9-10H2,(H,26,30,31). The summed E-state index contributed by atoms with van der Waals surface area (Å²) in [7, 11) is 0. The van der Waals surface area contributed by atoms with Gasteiger partial charge < -0.3 is 14.4 Å². The molecule has 0 spiro atoms. The van der Waals surface area contributed by atoms with Crippen molar-refractivity contribution in [3.8, 4) is 0 Å². The van der Waals surface area contributed by atoms with E-state index in [2.05, 4.69) is 10.3 Å². The molecule has 2 aromatic rings. The number of fused-ring (bicyclic) bond motifs is 2. The van der Waals surface area contributed by atoms with E-state index < -0.39 is 35.8 Å². The second-order valence-corrected chi connectivity index (χ2v) is 8.22. The molecule has 0 radical (unpaired) electrons. The lowest BCUT2D eigenvalue weighted by Crippen LogP contribution is -2.52. The minimum atomic E-state index is -4.57. The summed E-state index contributed by atoms with van der Waals surface area (Å²) in [5.74, 6) is -2.70. The van der Waals surface area contributed by atoms with Crippen LogP contribution in [0.4, 0.5) is 13.2 Å². The molecule has 3 aliphatic heterocycles. The molecule has 1 fully saturated rings. The van der Waals surface area contributed by atoms with Crippen molar-refractivity contribution in [2.75, 3.05) is 6.54 Å². The van der Waals surface area contributed by atoms with Gasteiger partial charge in [0.2, 0.25) is 17.6 Å². The van der Waals surface area contributed by atoms with Gasteiger partial charge in [-0.25, -0.2) is 4.98 Å². The third kappa shape index (κ3) is 3.55. The number of halogens is 3. The number of hydrogen-bond donors (Lipinski definition) is 1. The molecule has 1 unspecified atom stereocenters. The van der Waals surface area contributed by atoms with Crippen molar-refractivity contribution in [2.45, 2.75) is 44.7 Å². The molecular weight excluding hydrogens is 443 g/mol. The fourth-order valence-electron chi connectivity index (χ4n) is 4.55. The number of carbonyl (C=O) groups is 4. The highest BCUT2D eigenvalue weighted by Gasteiger charge is 2.40. The van der Waals surface area contributed by atoms with Gasteiger partial charge >= 0.3 is 6.18 Å². The van der Waals surface area contributed by atoms with Gasteiger partial charge in [-0.2, -0.15) is 13.2 Å². The van der Waals surface area contributed by atoms with Crippen LogP contribution in [0, 0.1) is 0 Å². The minimum absolute atomic E-state index is 0.0324. The van der Waals surface area contributed by atoms with E-state index in [1.54, 1.807) is 12.1 Å². The van der Waals surface area contributed by atoms with E-state index in [4.69, 9.17) is 0 Å². The molecule has 1 N–H and O–H groups in total. The Balaban J connectivity index is 1.34. The summed E-state index contributed by atoms with van der Waals surface area (Å²) < 4.78 is 40.2. The highest BCUT2D eigenvalue weighted by Crippen LogP contribution is 2.32. The average molecular weight is 461 g/mol. The Morgan fingerprint density at radius 1 is 1.12 bits per heavy atom. The van der Waals surface area contributed by atoms with Crippen LogP contribution >= 0.6 is 0 Å². The second kappa shape index (κ2) is 7.42. The third-order valence-electron chi connectivity index (χ3n) is 6.20. The molecule has 4 amide bonds. The fourth-order valence-corrected chi connectivity index (χ4v) is 4.55. The fraction of sp³-hybridized carbons (Fsp3) is 0.381. The first-order valence-corrected chi connectivity index (χ1v) is 10.3. The normalized spacial score (nSPS) is 20.6. The van der Waals surface area contributed by atoms with Crippen molar-refractivity contribution < 1.29 is 32.3 Å². The molecule has 33 heavy (non-hydrogen) atoms. The maximum Gasteiger partial charge on any atom is 0.449 e. The van der Waals surface area contributed by atoms with Crippen molar-refractivity contribution in [3.05, 3.63) is 52.6 Å². The van der Waals surface area contributed by atoms with Gasteiger partial charge in [-0.05, 0) is 24.1 Å². The summed E-state index contributed by atoms with van der Waals surface area (Å²) in [6.45, 7) is 0.190. The van der Waals surface area contributed by atoms with Crippen molar-refractivity contribution in [2.24, 2.45) is 0 Å². The number of hydrogen-bond acceptors (Lipinski definition) is 5. The summed E-state index contributed by atoms with van der Waals surface area (Å²) in [5.41, 5.74) is 1.47. The molecule has 9 nitrogen and oxygen atoms in total. The summed E-state index contributed by atoms with van der Waals surface area (Å²) in [6.07, 6.45) is -3.08. The Hall–Kier alpha value is -3.70. The van der Waals surface area contributed by atoms with E-state index in [0.717, 1.165) is 10.8 Å². The lowest BCUT2D eigenvalue weighted by atomic mass is 10.0. The molecule has 1 saturated heterocycles. The topological polar surface area (TPSA) is 105 Å². The number of benzene rings is 1. The Labute approximate surface area is 185 Å². The van der Waals surface area contributed by atoms with Crippen LogP contribution in [-0.4, -0.2) is 55.6 Å². The number of nitrogens with one attached hydrogen (secondary N) is 1. The molecule has 0 saturated carbocycles. The van der Waals surface area contributed by atoms with Gasteiger partial charge in [0.15, 0.2) is 0 Å². The molecule has 1 aromatic heterocycles. The third-order valence-corrected chi connectivity index (χ3v) is 6.20. The largest absolute Gasteiger partial charge is 0.449 e. The maximum atomic E-state index is 13.1. The van der Waals surface area contributed by atoms with Crippen LogP contribution in [0.1, 0.15) is 50.6 Å². The summed E-state index contributed by atoms with van der Waals surface area (Å²) in [4.78, 5) is 55.8. The molecule has 0 bridgehead atoms. The number of amides is 4. The Kier molecular flexibility index (Phi) is 4.76. The van der Waals surface area contributed by atoms with Gasteiger partial charge in [0.25, 0.3) is 11.8 Å². The van der Waals surface area contributed by atoms with E-state index >= 15 is 0 Å². The lowest BCUT2D eigenvalue weighted by Gasteiger charge is -2.29. The van der Waals surface area contributed by atoms with Crippen LogP contribution < -0.4 is 5.32 Å². The predicted molar refractivity (Wildman–Crippen MR) is 104 cm³/mol. The quantitative estimate of drug-likeness (QED) is 0.680. The zero-order chi connectivity index (χ0) is 23.5. The highest BCUT2D eigenvalue weighted by atomic mass is 19.4. The first-order valence-electron chi connectivity index (χ1n) is 10.3. The van der Waals surface area contributed by atoms with Gasteiger partial charge in [0, 0.05) is 37.2 Å². The number of rotatable bonds is 2. The SMILES string of the molecule is O=C1CCC(N2Cc3ccc(C(=O)N4CCn5c(cnc5C(F)(F)F)C4)cc3C2=O)C(=O)N1. The van der Waals surface area contributed by atoms with Crippen LogP contribution in [0.5, 0.6) is 0 Å². The predicted octanol–water partition coefficient (Wildman–Crippen LogP) is 1.32. The number of imide groups is 1. The van der Waals surface area contributed by atoms with Gasteiger partial charge in [-0.3, -0.25) is 24.5 Å². The average Bonchev–Trinajstić information content (AvgIpc) is 3.34. The summed E-state index contributed by atoms with van der Waals surface area (Å²) >= 11 is 0. The van der Waals surface area contributed by atoms with Crippen LogP contribution in [0.15, 0.2) is 24.4 Å². The number of carbonyl (C=O) groups excluding carboxylic acids is 4. The van der Waals surface area contributed by atoms with E-state index in [0.29, 0.717) is 11.1 Å². The zero-order valence-corrected chi connectivity index (χ0v) is 17.2. The number of aromatic nitrogens is 2.